The van der Waals surface area contributed by atoms with Crippen LogP contribution in [0.25, 0.3) is 0 Å². The first-order valence-corrected chi connectivity index (χ1v) is 8.02. The van der Waals surface area contributed by atoms with Gasteiger partial charge in [0.2, 0.25) is 0 Å². The Morgan fingerprint density at radius 2 is 2.12 bits per heavy atom. The van der Waals surface area contributed by atoms with Gasteiger partial charge in [0.1, 0.15) is 11.5 Å². The zero-order valence-corrected chi connectivity index (χ0v) is 15.0. The van der Waals surface area contributed by atoms with Crippen LogP contribution in [0.4, 0.5) is 5.82 Å². The Bertz CT molecular complexity index is 744. The number of ether oxygens (including phenoxy) is 2. The summed E-state index contributed by atoms with van der Waals surface area (Å²) in [6, 6.07) is 6.36. The molecular weight excluding hydrogens is 380 g/mol. The lowest BCUT2D eigenvalue weighted by atomic mass is 10.2. The van der Waals surface area contributed by atoms with Crippen molar-refractivity contribution >= 4 is 33.6 Å². The van der Waals surface area contributed by atoms with Crippen molar-refractivity contribution in [3.63, 3.8) is 0 Å². The van der Waals surface area contributed by atoms with E-state index in [1.807, 2.05) is 0 Å². The third-order valence-electron chi connectivity index (χ3n) is 3.18. The van der Waals surface area contributed by atoms with Crippen LogP contribution in [-0.4, -0.2) is 30.2 Å². The highest BCUT2D eigenvalue weighted by Gasteiger charge is 2.23. The molecule has 0 spiro atoms. The fourth-order valence-corrected chi connectivity index (χ4v) is 2.49. The molecule has 0 aliphatic heterocycles. The van der Waals surface area contributed by atoms with E-state index in [9.17, 15) is 9.59 Å². The molecule has 1 atom stereocenters. The molecule has 128 valence electrons. The minimum absolute atomic E-state index is 0.277. The Labute approximate surface area is 147 Å². The molecule has 1 amide bonds. The normalized spacial score (nSPS) is 11.7. The zero-order chi connectivity index (χ0) is 17.7. The second-order valence-corrected chi connectivity index (χ2v) is 5.82. The second-order valence-electron chi connectivity index (χ2n) is 4.96. The van der Waals surface area contributed by atoms with Crippen molar-refractivity contribution in [2.45, 2.75) is 26.4 Å². The maximum Gasteiger partial charge on any atom is 0.338 e. The molecule has 7 nitrogen and oxygen atoms in total. The number of anilines is 1. The van der Waals surface area contributed by atoms with Gasteiger partial charge in [-0.3, -0.25) is 4.79 Å². The fourth-order valence-electron chi connectivity index (χ4n) is 1.94. The van der Waals surface area contributed by atoms with Gasteiger partial charge >= 0.3 is 5.97 Å². The smallest absolute Gasteiger partial charge is 0.338 e. The number of aryl methyl sites for hydroxylation is 1. The van der Waals surface area contributed by atoms with Crippen LogP contribution in [0.2, 0.25) is 0 Å². The minimum Gasteiger partial charge on any atom is -0.496 e. The Hall–Kier alpha value is -2.35. The lowest BCUT2D eigenvalue weighted by Gasteiger charge is -2.15. The number of nitrogens with one attached hydrogen (secondary N) is 1. The maximum atomic E-state index is 12.2. The van der Waals surface area contributed by atoms with Crippen LogP contribution in [0.5, 0.6) is 5.75 Å². The van der Waals surface area contributed by atoms with Crippen LogP contribution >= 0.6 is 15.9 Å². The number of esters is 1. The number of aromatic nitrogens is 1. The first-order chi connectivity index (χ1) is 11.4. The van der Waals surface area contributed by atoms with Crippen LogP contribution < -0.4 is 10.1 Å². The number of carbonyl (C=O) groups is 2. The van der Waals surface area contributed by atoms with E-state index in [2.05, 4.69) is 26.4 Å². The van der Waals surface area contributed by atoms with Crippen LogP contribution in [0.3, 0.4) is 0 Å². The van der Waals surface area contributed by atoms with E-state index in [1.165, 1.54) is 7.11 Å². The molecule has 24 heavy (non-hydrogen) atoms. The highest BCUT2D eigenvalue weighted by Crippen LogP contribution is 2.26. The van der Waals surface area contributed by atoms with E-state index in [1.54, 1.807) is 38.1 Å². The van der Waals surface area contributed by atoms with Gasteiger partial charge in [-0.15, -0.1) is 0 Å². The number of methoxy groups -OCH3 is 1. The van der Waals surface area contributed by atoms with Gasteiger partial charge in [0.05, 0.1) is 17.1 Å². The molecule has 0 aliphatic carbocycles. The second kappa shape index (κ2) is 7.96. The van der Waals surface area contributed by atoms with E-state index in [0.29, 0.717) is 28.0 Å². The number of nitrogens with zero attached hydrogens (tertiary/aromatic N) is 1. The first kappa shape index (κ1) is 18.0. The maximum absolute atomic E-state index is 12.2. The van der Waals surface area contributed by atoms with Crippen molar-refractivity contribution in [1.82, 2.24) is 5.16 Å². The largest absolute Gasteiger partial charge is 0.496 e. The van der Waals surface area contributed by atoms with Gasteiger partial charge in [-0.05, 0) is 47.5 Å². The molecule has 1 N–H and O–H groups in total. The van der Waals surface area contributed by atoms with Crippen LogP contribution in [-0.2, 0) is 9.53 Å². The number of benzene rings is 1. The highest BCUT2D eigenvalue weighted by atomic mass is 79.9. The molecule has 1 aromatic heterocycles. The number of halogens is 1. The van der Waals surface area contributed by atoms with Crippen molar-refractivity contribution in [2.75, 3.05) is 12.4 Å². The average Bonchev–Trinajstić information content (AvgIpc) is 2.96. The number of hydrogen-bond donors (Lipinski definition) is 1. The van der Waals surface area contributed by atoms with Crippen molar-refractivity contribution in [1.29, 1.82) is 0 Å². The van der Waals surface area contributed by atoms with E-state index in [-0.39, 0.29) is 5.82 Å². The Morgan fingerprint density at radius 3 is 2.67 bits per heavy atom. The molecule has 2 rings (SSSR count). The highest BCUT2D eigenvalue weighted by molar-refractivity contribution is 9.10. The van der Waals surface area contributed by atoms with Gasteiger partial charge in [-0.2, -0.15) is 0 Å². The predicted octanol–water partition coefficient (Wildman–Crippen LogP) is 3.33. The lowest BCUT2D eigenvalue weighted by Crippen LogP contribution is -2.32. The van der Waals surface area contributed by atoms with Gasteiger partial charge < -0.3 is 19.3 Å². The van der Waals surface area contributed by atoms with E-state index < -0.39 is 18.0 Å². The predicted molar refractivity (Wildman–Crippen MR) is 90.1 cm³/mol. The van der Waals surface area contributed by atoms with Crippen molar-refractivity contribution in [3.05, 3.63) is 40.1 Å². The van der Waals surface area contributed by atoms with Gasteiger partial charge in [-0.25, -0.2) is 4.79 Å². The number of amides is 1. The zero-order valence-electron chi connectivity index (χ0n) is 13.5. The Balaban J connectivity index is 2.04. The number of hydrogen-bond acceptors (Lipinski definition) is 6. The Morgan fingerprint density at radius 1 is 1.38 bits per heavy atom. The van der Waals surface area contributed by atoms with E-state index in [4.69, 9.17) is 14.0 Å². The third-order valence-corrected chi connectivity index (χ3v) is 3.80. The quantitative estimate of drug-likeness (QED) is 0.752. The molecule has 0 fully saturated rings. The number of carbonyl (C=O) groups excluding carboxylic acids is 2. The summed E-state index contributed by atoms with van der Waals surface area (Å²) in [5.74, 6) is 0.374. The number of rotatable bonds is 6. The van der Waals surface area contributed by atoms with Gasteiger partial charge in [-0.1, -0.05) is 12.1 Å². The minimum atomic E-state index is -0.935. The summed E-state index contributed by atoms with van der Waals surface area (Å²) in [6.45, 7) is 3.46. The van der Waals surface area contributed by atoms with E-state index in [0.717, 1.165) is 0 Å². The van der Waals surface area contributed by atoms with Crippen LogP contribution in [0.15, 0.2) is 33.3 Å². The summed E-state index contributed by atoms with van der Waals surface area (Å²) in [5.41, 5.74) is 0.311. The molecule has 1 aromatic carbocycles. The van der Waals surface area contributed by atoms with Gasteiger partial charge in [0.25, 0.3) is 5.91 Å². The fraction of sp³-hybridized carbons (Fsp3) is 0.312. The van der Waals surface area contributed by atoms with Crippen molar-refractivity contribution < 1.29 is 23.6 Å². The molecule has 1 heterocycles. The summed E-state index contributed by atoms with van der Waals surface area (Å²) in [4.78, 5) is 24.4. The molecule has 0 bridgehead atoms. The van der Waals surface area contributed by atoms with Crippen LogP contribution in [0, 0.1) is 6.92 Å². The molecule has 0 radical (unpaired) electrons. The topological polar surface area (TPSA) is 90.7 Å². The molecular formula is C16H17BrN2O5. The SMILES string of the molecule is CCC(OC(=O)c1ccc(OC)c(Br)c1)C(=O)Nc1cc(C)on1. The Kier molecular flexibility index (Phi) is 5.97. The molecule has 2 aromatic rings. The molecule has 0 saturated carbocycles. The van der Waals surface area contributed by atoms with Gasteiger partial charge in [0, 0.05) is 6.07 Å². The summed E-state index contributed by atoms with van der Waals surface area (Å²) in [5, 5.41) is 6.22. The van der Waals surface area contributed by atoms with Crippen molar-refractivity contribution in [2.24, 2.45) is 0 Å². The third kappa shape index (κ3) is 4.35. The van der Waals surface area contributed by atoms with E-state index >= 15 is 0 Å². The summed E-state index contributed by atoms with van der Waals surface area (Å²) < 4.78 is 15.9. The molecule has 0 saturated heterocycles. The molecule has 0 aliphatic rings. The standard InChI is InChI=1S/C16H17BrN2O5/c1-4-12(15(20)18-14-7-9(2)24-19-14)23-16(21)10-5-6-13(22-3)11(17)8-10/h5-8,12H,4H2,1-3H3,(H,18,19,20). The molecule has 1 unspecified atom stereocenters. The summed E-state index contributed by atoms with van der Waals surface area (Å²) in [6.07, 6.45) is -0.610. The van der Waals surface area contributed by atoms with Gasteiger partial charge in [0.15, 0.2) is 11.9 Å². The average molecular weight is 397 g/mol. The van der Waals surface area contributed by atoms with Crippen LogP contribution in [0.1, 0.15) is 29.5 Å². The monoisotopic (exact) mass is 396 g/mol. The van der Waals surface area contributed by atoms with Crippen molar-refractivity contribution in [3.8, 4) is 5.75 Å². The molecule has 8 heteroatoms. The summed E-state index contributed by atoms with van der Waals surface area (Å²) >= 11 is 3.30. The lowest BCUT2D eigenvalue weighted by molar-refractivity contribution is -0.124. The summed E-state index contributed by atoms with van der Waals surface area (Å²) in [7, 11) is 1.53. The first-order valence-electron chi connectivity index (χ1n) is 7.23.